The van der Waals surface area contributed by atoms with Crippen LogP contribution in [0.5, 0.6) is 11.5 Å². The maximum Gasteiger partial charge on any atom is 0.416 e. The summed E-state index contributed by atoms with van der Waals surface area (Å²) in [6, 6.07) is 19.0. The summed E-state index contributed by atoms with van der Waals surface area (Å²) in [6.45, 7) is 12.1. The third-order valence-electron chi connectivity index (χ3n) is 6.90. The average molecular weight is 570 g/mol. The van der Waals surface area contributed by atoms with Crippen LogP contribution in [0.3, 0.4) is 0 Å². The Bertz CT molecular complexity index is 1370. The van der Waals surface area contributed by atoms with Gasteiger partial charge in [0, 0.05) is 43.4 Å². The lowest BCUT2D eigenvalue weighted by Crippen LogP contribution is -2.43. The first-order valence-electron chi connectivity index (χ1n) is 12.8. The second kappa shape index (κ2) is 12.2. The summed E-state index contributed by atoms with van der Waals surface area (Å²) in [5, 5.41) is 4.72. The van der Waals surface area contributed by atoms with E-state index in [1.54, 1.807) is 42.5 Å². The summed E-state index contributed by atoms with van der Waals surface area (Å²) < 4.78 is 52.1. The summed E-state index contributed by atoms with van der Waals surface area (Å²) in [5.74, 6) is 1.59. The third-order valence-corrected chi connectivity index (χ3v) is 7.15. The predicted octanol–water partition coefficient (Wildman–Crippen LogP) is 6.54. The Labute approximate surface area is 235 Å². The Morgan fingerprint density at radius 3 is 2.30 bits per heavy atom. The van der Waals surface area contributed by atoms with Gasteiger partial charge in [0.05, 0.1) is 24.8 Å². The largest absolute Gasteiger partial charge is 0.457 e. The Morgan fingerprint density at radius 1 is 0.975 bits per heavy atom. The first-order chi connectivity index (χ1) is 19.3. The molecule has 7 nitrogen and oxygen atoms in total. The number of ether oxygens (including phenoxy) is 2. The molecule has 2 heterocycles. The maximum absolute atomic E-state index is 13.6. The molecule has 0 spiro atoms. The molecular formula is C29H27ClF3N5O2. The lowest BCUT2D eigenvalue weighted by Gasteiger charge is -2.28. The van der Waals surface area contributed by atoms with Gasteiger partial charge in [0.15, 0.2) is 0 Å². The van der Waals surface area contributed by atoms with E-state index in [-0.39, 0.29) is 0 Å². The zero-order valence-electron chi connectivity index (χ0n) is 21.5. The second-order valence-corrected chi connectivity index (χ2v) is 9.90. The van der Waals surface area contributed by atoms with Crippen LogP contribution in [0.4, 0.5) is 18.9 Å². The van der Waals surface area contributed by atoms with E-state index in [0.29, 0.717) is 60.0 Å². The molecule has 2 aliphatic heterocycles. The lowest BCUT2D eigenvalue weighted by atomic mass is 10.0. The Morgan fingerprint density at radius 2 is 1.65 bits per heavy atom. The van der Waals surface area contributed by atoms with Crippen LogP contribution in [0.25, 0.3) is 4.95 Å². The van der Waals surface area contributed by atoms with Gasteiger partial charge < -0.3 is 14.4 Å². The number of rotatable bonds is 7. The number of nitrogens with zero attached hydrogens (tertiary/aromatic N) is 5. The van der Waals surface area contributed by atoms with Crippen molar-refractivity contribution in [2.45, 2.75) is 12.2 Å². The minimum atomic E-state index is -4.47. The van der Waals surface area contributed by atoms with Gasteiger partial charge in [-0.1, -0.05) is 23.7 Å². The molecule has 0 saturated carbocycles. The van der Waals surface area contributed by atoms with Crippen molar-refractivity contribution < 1.29 is 22.6 Å². The summed E-state index contributed by atoms with van der Waals surface area (Å²) in [5.41, 5.74) is 0.456. The molecule has 0 amide bonds. The van der Waals surface area contributed by atoms with Gasteiger partial charge in [-0.3, -0.25) is 9.80 Å². The average Bonchev–Trinajstić information content (AvgIpc) is 3.32. The van der Waals surface area contributed by atoms with Crippen molar-refractivity contribution >= 4 is 23.2 Å². The highest BCUT2D eigenvalue weighted by Crippen LogP contribution is 2.38. The van der Waals surface area contributed by atoms with E-state index in [2.05, 4.69) is 15.0 Å². The highest BCUT2D eigenvalue weighted by atomic mass is 35.5. The Balaban J connectivity index is 1.46. The van der Waals surface area contributed by atoms with Crippen LogP contribution < -0.4 is 9.64 Å². The van der Waals surface area contributed by atoms with E-state index in [0.717, 1.165) is 25.7 Å². The third kappa shape index (κ3) is 6.50. The number of benzene rings is 3. The monoisotopic (exact) mass is 569 g/mol. The molecule has 2 fully saturated rings. The predicted molar refractivity (Wildman–Crippen MR) is 148 cm³/mol. The zero-order chi connectivity index (χ0) is 28.1. The first kappa shape index (κ1) is 27.8. The summed E-state index contributed by atoms with van der Waals surface area (Å²) >= 11 is 5.96. The van der Waals surface area contributed by atoms with Gasteiger partial charge in [0.25, 0.3) is 5.96 Å². The van der Waals surface area contributed by atoms with Gasteiger partial charge in [-0.15, -0.1) is 4.95 Å². The SMILES string of the molecule is [C-]#[N+]/N=C1\N(CCN2CCOCC2)CC(c2cccc(C(F)(F)F)c2)N1c1ccc(Oc2ccc(Cl)cc2)cc1. The normalized spacial score (nSPS) is 19.2. The van der Waals surface area contributed by atoms with Gasteiger partial charge in [0.1, 0.15) is 16.6 Å². The number of morpholine rings is 1. The van der Waals surface area contributed by atoms with E-state index >= 15 is 0 Å². The lowest BCUT2D eigenvalue weighted by molar-refractivity contribution is -0.137. The van der Waals surface area contributed by atoms with Crippen LogP contribution in [0.2, 0.25) is 5.02 Å². The van der Waals surface area contributed by atoms with E-state index < -0.39 is 17.8 Å². The molecule has 0 N–H and O–H groups in total. The van der Waals surface area contributed by atoms with Crippen molar-refractivity contribution in [2.24, 2.45) is 5.10 Å². The zero-order valence-corrected chi connectivity index (χ0v) is 22.3. The van der Waals surface area contributed by atoms with Crippen LogP contribution in [0, 0.1) is 6.57 Å². The number of hydrogen-bond donors (Lipinski definition) is 0. The number of alkyl halides is 3. The van der Waals surface area contributed by atoms with Crippen molar-refractivity contribution in [1.29, 1.82) is 0 Å². The molecule has 0 radical (unpaired) electrons. The molecule has 208 valence electrons. The fourth-order valence-corrected chi connectivity index (χ4v) is 5.01. The fourth-order valence-electron chi connectivity index (χ4n) is 4.88. The first-order valence-corrected chi connectivity index (χ1v) is 13.2. The Hall–Kier alpha value is -3.78. The standard InChI is InChI=1S/C29H27ClF3N5O2/c1-34-35-28-37(14-13-36-15-17-39-18-16-36)20-27(21-3-2-4-22(19-21)29(31,32)33)38(28)24-7-11-26(12-8-24)40-25-9-5-23(30)6-10-25/h2-12,19,27H,13-18,20H2/b35-28+. The van der Waals surface area contributed by atoms with Crippen molar-refractivity contribution in [1.82, 2.24) is 9.80 Å². The Kier molecular flexibility index (Phi) is 8.45. The van der Waals surface area contributed by atoms with Gasteiger partial charge in [-0.05, 0) is 66.2 Å². The van der Waals surface area contributed by atoms with Crippen molar-refractivity contribution in [3.05, 3.63) is 100 Å². The van der Waals surface area contributed by atoms with Crippen LogP contribution in [-0.4, -0.2) is 61.7 Å². The molecule has 0 aromatic heterocycles. The van der Waals surface area contributed by atoms with E-state index in [1.807, 2.05) is 21.9 Å². The molecule has 40 heavy (non-hydrogen) atoms. The molecule has 3 aromatic carbocycles. The van der Waals surface area contributed by atoms with Gasteiger partial charge in [-0.2, -0.15) is 19.7 Å². The number of anilines is 1. The molecule has 11 heteroatoms. The van der Waals surface area contributed by atoms with E-state index in [9.17, 15) is 13.2 Å². The molecule has 2 saturated heterocycles. The van der Waals surface area contributed by atoms with Gasteiger partial charge in [-0.25, -0.2) is 0 Å². The van der Waals surface area contributed by atoms with E-state index in [4.69, 9.17) is 27.6 Å². The minimum absolute atomic E-state index is 0.378. The second-order valence-electron chi connectivity index (χ2n) is 9.46. The fraction of sp³-hybridized carbons (Fsp3) is 0.310. The molecular weight excluding hydrogens is 543 g/mol. The number of hydrogen-bond acceptors (Lipinski definition) is 4. The van der Waals surface area contributed by atoms with Gasteiger partial charge in [0.2, 0.25) is 0 Å². The molecule has 1 atom stereocenters. The van der Waals surface area contributed by atoms with Crippen molar-refractivity contribution in [3.8, 4) is 11.5 Å². The summed E-state index contributed by atoms with van der Waals surface area (Å²) in [6.07, 6.45) is -4.47. The topological polar surface area (TPSA) is 44.9 Å². The highest BCUT2D eigenvalue weighted by molar-refractivity contribution is 6.30. The number of halogens is 4. The van der Waals surface area contributed by atoms with Crippen molar-refractivity contribution in [3.63, 3.8) is 0 Å². The number of guanidine groups is 1. The summed E-state index contributed by atoms with van der Waals surface area (Å²) in [7, 11) is 0. The van der Waals surface area contributed by atoms with Crippen LogP contribution in [0.15, 0.2) is 77.9 Å². The highest BCUT2D eigenvalue weighted by Gasteiger charge is 2.40. The van der Waals surface area contributed by atoms with Crippen LogP contribution >= 0.6 is 11.6 Å². The van der Waals surface area contributed by atoms with Crippen molar-refractivity contribution in [2.75, 3.05) is 50.8 Å². The quantitative estimate of drug-likeness (QED) is 0.239. The molecule has 1 unspecified atom stereocenters. The maximum atomic E-state index is 13.6. The summed E-state index contributed by atoms with van der Waals surface area (Å²) in [4.78, 5) is 9.38. The van der Waals surface area contributed by atoms with Gasteiger partial charge >= 0.3 is 6.18 Å². The molecule has 0 aliphatic carbocycles. The smallest absolute Gasteiger partial charge is 0.416 e. The molecule has 2 aliphatic rings. The molecule has 0 bridgehead atoms. The molecule has 5 rings (SSSR count). The van der Waals surface area contributed by atoms with Crippen LogP contribution in [-0.2, 0) is 10.9 Å². The van der Waals surface area contributed by atoms with E-state index in [1.165, 1.54) is 12.1 Å². The van der Waals surface area contributed by atoms with Crippen LogP contribution in [0.1, 0.15) is 17.2 Å². The minimum Gasteiger partial charge on any atom is -0.457 e. The molecule has 3 aromatic rings.